The number of aliphatic hydroxyl groups excluding tert-OH is 1. The van der Waals surface area contributed by atoms with Gasteiger partial charge in [-0.15, -0.1) is 6.58 Å². The van der Waals surface area contributed by atoms with E-state index in [0.29, 0.717) is 0 Å². The number of rotatable bonds is 3. The average Bonchev–Trinajstić information content (AvgIpc) is 2.00. The van der Waals surface area contributed by atoms with Gasteiger partial charge in [-0.25, -0.2) is 0 Å². The molecular formula is C8H13IO. The third kappa shape index (κ3) is 2.84. The van der Waals surface area contributed by atoms with E-state index >= 15 is 0 Å². The summed E-state index contributed by atoms with van der Waals surface area (Å²) >= 11 is 2.12. The molecule has 2 atom stereocenters. The first kappa shape index (κ1) is 10.2. The Morgan fingerprint density at radius 3 is 2.50 bits per heavy atom. The van der Waals surface area contributed by atoms with Gasteiger partial charge in [0.15, 0.2) is 0 Å². The van der Waals surface area contributed by atoms with Crippen LogP contribution in [0.1, 0.15) is 13.8 Å². The largest absolute Gasteiger partial charge is 0.388 e. The van der Waals surface area contributed by atoms with Gasteiger partial charge in [0.2, 0.25) is 0 Å². The summed E-state index contributed by atoms with van der Waals surface area (Å²) in [6, 6.07) is 0. The maximum atomic E-state index is 9.44. The summed E-state index contributed by atoms with van der Waals surface area (Å²) in [6.45, 7) is 7.47. The second-order valence-electron chi connectivity index (χ2n) is 2.39. The summed E-state index contributed by atoms with van der Waals surface area (Å²) < 4.78 is 1.89. The molecule has 0 saturated carbocycles. The van der Waals surface area contributed by atoms with Crippen molar-refractivity contribution in [2.75, 3.05) is 0 Å². The minimum Gasteiger partial charge on any atom is -0.388 e. The first-order valence-electron chi connectivity index (χ1n) is 3.21. The molecule has 0 aliphatic carbocycles. The summed E-state index contributed by atoms with van der Waals surface area (Å²) in [4.78, 5) is 0. The summed E-state index contributed by atoms with van der Waals surface area (Å²) in [5.41, 5.74) is 0.994. The van der Waals surface area contributed by atoms with E-state index in [1.165, 1.54) is 0 Å². The van der Waals surface area contributed by atoms with Crippen molar-refractivity contribution >= 4 is 22.6 Å². The SMILES string of the molecule is C=C[C@H](C)[C@H](O)C(C)=CI. The average molecular weight is 252 g/mol. The normalized spacial score (nSPS) is 18.2. The van der Waals surface area contributed by atoms with Gasteiger partial charge in [0.25, 0.3) is 0 Å². The van der Waals surface area contributed by atoms with Gasteiger partial charge in [0.05, 0.1) is 6.10 Å². The molecule has 0 saturated heterocycles. The molecule has 10 heavy (non-hydrogen) atoms. The van der Waals surface area contributed by atoms with Crippen molar-refractivity contribution in [1.29, 1.82) is 0 Å². The van der Waals surface area contributed by atoms with Crippen LogP contribution in [-0.4, -0.2) is 11.2 Å². The Hall–Kier alpha value is 0.170. The molecular weight excluding hydrogens is 239 g/mol. The smallest absolute Gasteiger partial charge is 0.0814 e. The van der Waals surface area contributed by atoms with Gasteiger partial charge in [-0.2, -0.15) is 0 Å². The Morgan fingerprint density at radius 1 is 1.70 bits per heavy atom. The van der Waals surface area contributed by atoms with Crippen molar-refractivity contribution in [2.45, 2.75) is 20.0 Å². The summed E-state index contributed by atoms with van der Waals surface area (Å²) in [6.07, 6.45) is 1.39. The van der Waals surface area contributed by atoms with E-state index in [-0.39, 0.29) is 12.0 Å². The Balaban J connectivity index is 4.06. The highest BCUT2D eigenvalue weighted by atomic mass is 127. The van der Waals surface area contributed by atoms with Gasteiger partial charge in [-0.1, -0.05) is 35.6 Å². The monoisotopic (exact) mass is 252 g/mol. The maximum absolute atomic E-state index is 9.44. The minimum absolute atomic E-state index is 0.144. The lowest BCUT2D eigenvalue weighted by Gasteiger charge is -2.14. The number of halogens is 1. The van der Waals surface area contributed by atoms with Crippen LogP contribution in [0.25, 0.3) is 0 Å². The van der Waals surface area contributed by atoms with E-state index < -0.39 is 0 Å². The summed E-state index contributed by atoms with van der Waals surface area (Å²) in [5.74, 6) is 0.144. The van der Waals surface area contributed by atoms with E-state index in [1.54, 1.807) is 6.08 Å². The van der Waals surface area contributed by atoms with E-state index in [4.69, 9.17) is 0 Å². The van der Waals surface area contributed by atoms with Gasteiger partial charge >= 0.3 is 0 Å². The number of aliphatic hydroxyl groups is 1. The fraction of sp³-hybridized carbons (Fsp3) is 0.500. The van der Waals surface area contributed by atoms with Crippen LogP contribution < -0.4 is 0 Å². The molecule has 0 unspecified atom stereocenters. The lowest BCUT2D eigenvalue weighted by atomic mass is 10.0. The first-order valence-corrected chi connectivity index (χ1v) is 4.45. The fourth-order valence-electron chi connectivity index (χ4n) is 0.608. The number of hydrogen-bond acceptors (Lipinski definition) is 1. The van der Waals surface area contributed by atoms with E-state index in [9.17, 15) is 5.11 Å². The Bertz CT molecular complexity index is 140. The van der Waals surface area contributed by atoms with E-state index in [0.717, 1.165) is 5.57 Å². The highest BCUT2D eigenvalue weighted by Crippen LogP contribution is 2.13. The van der Waals surface area contributed by atoms with Gasteiger partial charge < -0.3 is 5.11 Å². The fourth-order valence-corrected chi connectivity index (χ4v) is 0.977. The van der Waals surface area contributed by atoms with Gasteiger partial charge in [-0.05, 0) is 16.6 Å². The second kappa shape index (κ2) is 4.91. The summed E-state index contributed by atoms with van der Waals surface area (Å²) in [5, 5.41) is 9.44. The zero-order chi connectivity index (χ0) is 8.15. The third-order valence-electron chi connectivity index (χ3n) is 1.51. The Kier molecular flexibility index (Phi) is 4.99. The van der Waals surface area contributed by atoms with Gasteiger partial charge in [-0.3, -0.25) is 0 Å². The second-order valence-corrected chi connectivity index (χ2v) is 3.02. The quantitative estimate of drug-likeness (QED) is 0.604. The topological polar surface area (TPSA) is 20.2 Å². The standard InChI is InChI=1S/C8H13IO/c1-4-6(2)8(10)7(3)5-9/h4-6,8,10H,1H2,2-3H3/t6-,8-/m0/s1. The van der Waals surface area contributed by atoms with Crippen LogP contribution in [0, 0.1) is 5.92 Å². The van der Waals surface area contributed by atoms with Crippen LogP contribution in [0.3, 0.4) is 0 Å². The van der Waals surface area contributed by atoms with Crippen molar-refractivity contribution in [3.63, 3.8) is 0 Å². The van der Waals surface area contributed by atoms with Crippen LogP contribution in [0.15, 0.2) is 22.3 Å². The van der Waals surface area contributed by atoms with Crippen LogP contribution in [0.2, 0.25) is 0 Å². The van der Waals surface area contributed by atoms with E-state index in [1.807, 2.05) is 17.9 Å². The third-order valence-corrected chi connectivity index (χ3v) is 2.49. The molecule has 1 nitrogen and oxygen atoms in total. The summed E-state index contributed by atoms with van der Waals surface area (Å²) in [7, 11) is 0. The highest BCUT2D eigenvalue weighted by Gasteiger charge is 2.11. The molecule has 0 spiro atoms. The Labute approximate surface area is 76.0 Å². The van der Waals surface area contributed by atoms with Crippen molar-refractivity contribution < 1.29 is 5.11 Å². The Morgan fingerprint density at radius 2 is 2.20 bits per heavy atom. The van der Waals surface area contributed by atoms with Crippen LogP contribution in [-0.2, 0) is 0 Å². The molecule has 0 aromatic rings. The van der Waals surface area contributed by atoms with Crippen molar-refractivity contribution in [3.05, 3.63) is 22.3 Å². The molecule has 0 amide bonds. The molecule has 0 aliphatic heterocycles. The molecule has 0 heterocycles. The molecule has 0 aliphatic rings. The van der Waals surface area contributed by atoms with Gasteiger partial charge in [0, 0.05) is 5.92 Å². The van der Waals surface area contributed by atoms with Crippen molar-refractivity contribution in [1.82, 2.24) is 0 Å². The van der Waals surface area contributed by atoms with E-state index in [2.05, 4.69) is 29.2 Å². The molecule has 0 bridgehead atoms. The minimum atomic E-state index is -0.366. The molecule has 0 fully saturated rings. The molecule has 0 rings (SSSR count). The highest BCUT2D eigenvalue weighted by molar-refractivity contribution is 14.1. The van der Waals surface area contributed by atoms with Crippen LogP contribution in [0.4, 0.5) is 0 Å². The lowest BCUT2D eigenvalue weighted by Crippen LogP contribution is -2.16. The molecule has 0 aromatic carbocycles. The molecule has 0 radical (unpaired) electrons. The molecule has 58 valence electrons. The van der Waals surface area contributed by atoms with Crippen molar-refractivity contribution in [3.8, 4) is 0 Å². The zero-order valence-electron chi connectivity index (χ0n) is 6.34. The maximum Gasteiger partial charge on any atom is 0.0814 e. The zero-order valence-corrected chi connectivity index (χ0v) is 8.50. The van der Waals surface area contributed by atoms with Crippen LogP contribution >= 0.6 is 22.6 Å². The number of hydrogen-bond donors (Lipinski definition) is 1. The van der Waals surface area contributed by atoms with Crippen molar-refractivity contribution in [2.24, 2.45) is 5.92 Å². The molecule has 1 N–H and O–H groups in total. The predicted octanol–water partition coefficient (Wildman–Crippen LogP) is 2.51. The van der Waals surface area contributed by atoms with Crippen LogP contribution in [0.5, 0.6) is 0 Å². The lowest BCUT2D eigenvalue weighted by molar-refractivity contribution is 0.174. The molecule has 2 heteroatoms. The van der Waals surface area contributed by atoms with Gasteiger partial charge in [0.1, 0.15) is 0 Å². The first-order chi connectivity index (χ1) is 4.63. The molecule has 0 aromatic heterocycles. The predicted molar refractivity (Wildman–Crippen MR) is 53.1 cm³/mol.